The second-order valence-corrected chi connectivity index (χ2v) is 7.83. The minimum absolute atomic E-state index is 0.287. The van der Waals surface area contributed by atoms with E-state index in [1.54, 1.807) is 14.0 Å². The fourth-order valence-electron chi connectivity index (χ4n) is 3.66. The van der Waals surface area contributed by atoms with E-state index in [1.165, 1.54) is 0 Å². The van der Waals surface area contributed by atoms with Crippen LogP contribution in [-0.4, -0.2) is 38.0 Å². The van der Waals surface area contributed by atoms with Crippen LogP contribution in [-0.2, 0) is 16.0 Å². The van der Waals surface area contributed by atoms with Gasteiger partial charge in [-0.25, -0.2) is 4.79 Å². The highest BCUT2D eigenvalue weighted by Gasteiger charge is 2.24. The van der Waals surface area contributed by atoms with Crippen LogP contribution in [0.2, 0.25) is 0 Å². The van der Waals surface area contributed by atoms with Gasteiger partial charge in [-0.15, -0.1) is 0 Å². The zero-order valence-corrected chi connectivity index (χ0v) is 20.2. The van der Waals surface area contributed by atoms with Crippen molar-refractivity contribution in [3.05, 3.63) is 95.6 Å². The maximum atomic E-state index is 13.1. The van der Waals surface area contributed by atoms with Crippen molar-refractivity contribution in [2.75, 3.05) is 20.3 Å². The molecule has 0 heterocycles. The molecule has 0 aliphatic carbocycles. The Bertz CT molecular complexity index is 1020. The van der Waals surface area contributed by atoms with Crippen molar-refractivity contribution < 1.29 is 19.0 Å². The van der Waals surface area contributed by atoms with E-state index >= 15 is 0 Å². The predicted molar refractivity (Wildman–Crippen MR) is 136 cm³/mol. The van der Waals surface area contributed by atoms with Gasteiger partial charge in [-0.2, -0.15) is 0 Å². The lowest BCUT2D eigenvalue weighted by molar-refractivity contribution is -0.144. The smallest absolute Gasteiger partial charge is 0.331 e. The van der Waals surface area contributed by atoms with E-state index in [1.807, 2.05) is 78.9 Å². The number of carbonyl (C=O) groups is 1. The van der Waals surface area contributed by atoms with Crippen LogP contribution in [0.3, 0.4) is 0 Å². The first-order chi connectivity index (χ1) is 16.7. The van der Waals surface area contributed by atoms with Crippen molar-refractivity contribution >= 4 is 11.7 Å². The SMILES string of the molecule is CCCCOc1c(CC(N=C(c2ccccc2)c2ccccc2)C(=O)OCC)cccc1OC. The van der Waals surface area contributed by atoms with Gasteiger partial charge in [0.25, 0.3) is 0 Å². The molecule has 0 fully saturated rings. The Hall–Kier alpha value is -3.60. The molecule has 3 aromatic rings. The van der Waals surface area contributed by atoms with Gasteiger partial charge in [-0.1, -0.05) is 86.1 Å². The Kier molecular flexibility index (Phi) is 9.71. The molecule has 178 valence electrons. The zero-order valence-electron chi connectivity index (χ0n) is 20.2. The lowest BCUT2D eigenvalue weighted by Crippen LogP contribution is -2.26. The highest BCUT2D eigenvalue weighted by atomic mass is 16.5. The van der Waals surface area contributed by atoms with Crippen LogP contribution in [0.5, 0.6) is 11.5 Å². The molecule has 3 rings (SSSR count). The molecule has 0 N–H and O–H groups in total. The van der Waals surface area contributed by atoms with Crippen molar-refractivity contribution in [1.29, 1.82) is 0 Å². The number of aliphatic imine (C=N–C) groups is 1. The van der Waals surface area contributed by atoms with E-state index in [-0.39, 0.29) is 12.6 Å². The summed E-state index contributed by atoms with van der Waals surface area (Å²) in [5, 5.41) is 0. The Balaban J connectivity index is 2.05. The van der Waals surface area contributed by atoms with E-state index in [9.17, 15) is 4.79 Å². The topological polar surface area (TPSA) is 57.1 Å². The molecule has 0 aliphatic rings. The first-order valence-electron chi connectivity index (χ1n) is 11.8. The highest BCUT2D eigenvalue weighted by molar-refractivity contribution is 6.13. The average molecular weight is 460 g/mol. The fourth-order valence-corrected chi connectivity index (χ4v) is 3.66. The fraction of sp³-hybridized carbons (Fsp3) is 0.310. The Labute approximate surface area is 202 Å². The minimum atomic E-state index is -0.740. The second kappa shape index (κ2) is 13.2. The van der Waals surface area contributed by atoms with Crippen LogP contribution in [0.1, 0.15) is 43.4 Å². The van der Waals surface area contributed by atoms with Crippen LogP contribution in [0.4, 0.5) is 0 Å². The molecule has 0 saturated carbocycles. The third kappa shape index (κ3) is 6.70. The molecule has 0 amide bonds. The van der Waals surface area contributed by atoms with Crippen LogP contribution >= 0.6 is 0 Å². The first-order valence-corrected chi connectivity index (χ1v) is 11.8. The summed E-state index contributed by atoms with van der Waals surface area (Å²) < 4.78 is 17.1. The number of unbranched alkanes of at least 4 members (excludes halogenated alkanes) is 1. The maximum absolute atomic E-state index is 13.1. The molecule has 0 radical (unpaired) electrons. The normalized spacial score (nSPS) is 11.4. The van der Waals surface area contributed by atoms with Crippen LogP contribution < -0.4 is 9.47 Å². The van der Waals surface area contributed by atoms with Gasteiger partial charge in [0.15, 0.2) is 17.5 Å². The molecule has 1 atom stereocenters. The standard InChI is InChI=1S/C29H33NO4/c1-4-6-20-34-28-24(18-13-19-26(28)32-3)21-25(29(31)33-5-2)30-27(22-14-9-7-10-15-22)23-16-11-8-12-17-23/h7-19,25H,4-6,20-21H2,1-3H3. The average Bonchev–Trinajstić information content (AvgIpc) is 2.88. The third-order valence-electron chi connectivity index (χ3n) is 5.38. The van der Waals surface area contributed by atoms with Gasteiger partial charge >= 0.3 is 5.97 Å². The molecule has 3 aromatic carbocycles. The minimum Gasteiger partial charge on any atom is -0.493 e. The van der Waals surface area contributed by atoms with E-state index in [2.05, 4.69) is 6.92 Å². The number of methoxy groups -OCH3 is 1. The van der Waals surface area contributed by atoms with Gasteiger partial charge < -0.3 is 14.2 Å². The van der Waals surface area contributed by atoms with Gasteiger partial charge in [0, 0.05) is 23.1 Å². The number of nitrogens with zero attached hydrogens (tertiary/aromatic N) is 1. The second-order valence-electron chi connectivity index (χ2n) is 7.83. The number of para-hydroxylation sites is 1. The Morgan fingerprint density at radius 3 is 2.09 bits per heavy atom. The highest BCUT2D eigenvalue weighted by Crippen LogP contribution is 2.33. The third-order valence-corrected chi connectivity index (χ3v) is 5.38. The van der Waals surface area contributed by atoms with Crippen molar-refractivity contribution in [3.8, 4) is 11.5 Å². The lowest BCUT2D eigenvalue weighted by atomic mass is 10.00. The van der Waals surface area contributed by atoms with Gasteiger partial charge in [0.05, 0.1) is 26.0 Å². The summed E-state index contributed by atoms with van der Waals surface area (Å²) in [6.45, 7) is 4.79. The summed E-state index contributed by atoms with van der Waals surface area (Å²) >= 11 is 0. The number of ether oxygens (including phenoxy) is 3. The quantitative estimate of drug-likeness (QED) is 0.193. The maximum Gasteiger partial charge on any atom is 0.331 e. The molecule has 0 aromatic heterocycles. The molecule has 5 nitrogen and oxygen atoms in total. The molecule has 1 unspecified atom stereocenters. The summed E-state index contributed by atoms with van der Waals surface area (Å²) in [4.78, 5) is 18.0. The number of esters is 1. The molecule has 0 bridgehead atoms. The molecular formula is C29H33NO4. The summed E-state index contributed by atoms with van der Waals surface area (Å²) in [5.74, 6) is 0.935. The van der Waals surface area contributed by atoms with E-state index in [4.69, 9.17) is 19.2 Å². The molecular weight excluding hydrogens is 426 g/mol. The number of benzene rings is 3. The van der Waals surface area contributed by atoms with E-state index in [0.717, 1.165) is 35.2 Å². The number of carbonyl (C=O) groups excluding carboxylic acids is 1. The van der Waals surface area contributed by atoms with Crippen molar-refractivity contribution in [3.63, 3.8) is 0 Å². The molecule has 5 heteroatoms. The van der Waals surface area contributed by atoms with Crippen molar-refractivity contribution in [2.45, 2.75) is 39.2 Å². The van der Waals surface area contributed by atoms with Crippen LogP contribution in [0, 0.1) is 0 Å². The van der Waals surface area contributed by atoms with E-state index in [0.29, 0.717) is 24.5 Å². The number of hydrogen-bond acceptors (Lipinski definition) is 5. The molecule has 34 heavy (non-hydrogen) atoms. The van der Waals surface area contributed by atoms with Gasteiger partial charge in [0.2, 0.25) is 0 Å². The van der Waals surface area contributed by atoms with Crippen molar-refractivity contribution in [1.82, 2.24) is 0 Å². The van der Waals surface area contributed by atoms with Gasteiger partial charge in [-0.05, 0) is 19.4 Å². The summed E-state index contributed by atoms with van der Waals surface area (Å²) in [5.41, 5.74) is 3.48. The predicted octanol–water partition coefficient (Wildman–Crippen LogP) is 5.89. The summed E-state index contributed by atoms with van der Waals surface area (Å²) in [7, 11) is 1.62. The number of rotatable bonds is 12. The van der Waals surface area contributed by atoms with Crippen LogP contribution in [0.25, 0.3) is 0 Å². The van der Waals surface area contributed by atoms with E-state index < -0.39 is 6.04 Å². The number of hydrogen-bond donors (Lipinski definition) is 0. The Morgan fingerprint density at radius 1 is 0.882 bits per heavy atom. The molecule has 0 aliphatic heterocycles. The van der Waals surface area contributed by atoms with Gasteiger partial charge in [0.1, 0.15) is 0 Å². The summed E-state index contributed by atoms with van der Waals surface area (Å²) in [6.07, 6.45) is 2.29. The molecule has 0 spiro atoms. The lowest BCUT2D eigenvalue weighted by Gasteiger charge is -2.19. The summed E-state index contributed by atoms with van der Waals surface area (Å²) in [6, 6.07) is 24.8. The van der Waals surface area contributed by atoms with Gasteiger partial charge in [-0.3, -0.25) is 4.99 Å². The first kappa shape index (κ1) is 25.0. The Morgan fingerprint density at radius 2 is 1.53 bits per heavy atom. The largest absolute Gasteiger partial charge is 0.493 e. The molecule has 0 saturated heterocycles. The monoisotopic (exact) mass is 459 g/mol. The van der Waals surface area contributed by atoms with Crippen molar-refractivity contribution in [2.24, 2.45) is 4.99 Å². The van der Waals surface area contributed by atoms with Crippen LogP contribution in [0.15, 0.2) is 83.9 Å². The zero-order chi connectivity index (χ0) is 24.2.